The van der Waals surface area contributed by atoms with E-state index in [1.165, 1.54) is 16.1 Å². The Morgan fingerprint density at radius 3 is 2.49 bits per heavy atom. The third-order valence-electron chi connectivity index (χ3n) is 6.47. The largest absolute Gasteiger partial charge is 0.417 e. The molecule has 1 aliphatic rings. The van der Waals surface area contributed by atoms with Crippen LogP contribution in [0.4, 0.5) is 27.8 Å². The second-order valence-corrected chi connectivity index (χ2v) is 8.97. The zero-order chi connectivity index (χ0) is 26.5. The number of amides is 1. The van der Waals surface area contributed by atoms with Crippen LogP contribution < -0.4 is 5.73 Å². The van der Waals surface area contributed by atoms with Gasteiger partial charge in [0, 0.05) is 50.1 Å². The van der Waals surface area contributed by atoms with E-state index in [-0.39, 0.29) is 30.9 Å². The number of pyridine rings is 2. The van der Waals surface area contributed by atoms with Gasteiger partial charge in [-0.3, -0.25) is 19.5 Å². The maximum absolute atomic E-state index is 13.8. The zero-order valence-electron chi connectivity index (χ0n) is 19.6. The van der Waals surface area contributed by atoms with Gasteiger partial charge in [0.2, 0.25) is 0 Å². The lowest BCUT2D eigenvalue weighted by Gasteiger charge is -2.39. The van der Waals surface area contributed by atoms with Crippen molar-refractivity contribution in [3.8, 4) is 0 Å². The Kier molecular flexibility index (Phi) is 5.97. The highest BCUT2D eigenvalue weighted by molar-refractivity contribution is 6.10. The molecule has 1 amide bonds. The molecule has 0 spiro atoms. The summed E-state index contributed by atoms with van der Waals surface area (Å²) in [6.07, 6.45) is -3.20. The summed E-state index contributed by atoms with van der Waals surface area (Å²) in [5.41, 5.74) is 6.75. The first kappa shape index (κ1) is 24.8. The number of fused-ring (bicyclic) bond motifs is 3. The molecular weight excluding hydrogens is 497 g/mol. The fourth-order valence-electron chi connectivity index (χ4n) is 4.44. The Labute approximate surface area is 207 Å². The second kappa shape index (κ2) is 8.91. The predicted octanol–water partition coefficient (Wildman–Crippen LogP) is 4.41. The molecule has 1 saturated heterocycles. The van der Waals surface area contributed by atoms with Crippen molar-refractivity contribution in [3.05, 3.63) is 59.5 Å². The number of anilines is 1. The fourth-order valence-corrected chi connectivity index (χ4v) is 4.44. The molecule has 4 aromatic rings. The van der Waals surface area contributed by atoms with Crippen LogP contribution in [0.5, 0.6) is 0 Å². The number of hydrazine groups is 1. The number of carbonyl (C=O) groups is 1. The van der Waals surface area contributed by atoms with Crippen molar-refractivity contribution in [2.24, 2.45) is 7.05 Å². The quantitative estimate of drug-likeness (QED) is 0.402. The summed E-state index contributed by atoms with van der Waals surface area (Å²) in [5.74, 6) is -3.07. The van der Waals surface area contributed by atoms with Gasteiger partial charge in [-0.1, -0.05) is 0 Å². The Bertz CT molecular complexity index is 1470. The highest BCUT2D eigenvalue weighted by Gasteiger charge is 2.37. The number of halogens is 5. The third-order valence-corrected chi connectivity index (χ3v) is 6.47. The van der Waals surface area contributed by atoms with E-state index < -0.39 is 36.4 Å². The normalized spacial score (nSPS) is 16.4. The summed E-state index contributed by atoms with van der Waals surface area (Å²) in [5, 5.41) is 8.20. The summed E-state index contributed by atoms with van der Waals surface area (Å²) in [6.45, 7) is -0.393. The van der Waals surface area contributed by atoms with Crippen molar-refractivity contribution >= 4 is 33.5 Å². The molecule has 194 valence electrons. The zero-order valence-corrected chi connectivity index (χ0v) is 19.6. The molecule has 1 aromatic carbocycles. The van der Waals surface area contributed by atoms with E-state index in [9.17, 15) is 26.7 Å². The average Bonchev–Trinajstić information content (AvgIpc) is 3.24. The van der Waals surface area contributed by atoms with E-state index in [2.05, 4.69) is 15.1 Å². The molecule has 13 heteroatoms. The highest BCUT2D eigenvalue weighted by atomic mass is 19.4. The van der Waals surface area contributed by atoms with E-state index in [0.717, 1.165) is 6.07 Å². The van der Waals surface area contributed by atoms with Crippen LogP contribution in [-0.4, -0.2) is 54.7 Å². The summed E-state index contributed by atoms with van der Waals surface area (Å²) < 4.78 is 68.2. The molecular formula is C24H22F5N7O. The molecule has 0 aliphatic carbocycles. The van der Waals surface area contributed by atoms with E-state index in [1.807, 2.05) is 0 Å². The van der Waals surface area contributed by atoms with Crippen LogP contribution >= 0.6 is 0 Å². The molecule has 2 N–H and O–H groups in total. The number of aryl methyl sites for hydroxylation is 1. The van der Waals surface area contributed by atoms with Crippen molar-refractivity contribution in [3.63, 3.8) is 0 Å². The number of nitrogens with zero attached hydrogens (tertiary/aromatic N) is 6. The minimum absolute atomic E-state index is 0.100. The monoisotopic (exact) mass is 519 g/mol. The van der Waals surface area contributed by atoms with E-state index in [4.69, 9.17) is 5.73 Å². The van der Waals surface area contributed by atoms with Crippen LogP contribution in [0, 0.1) is 0 Å². The van der Waals surface area contributed by atoms with E-state index >= 15 is 0 Å². The molecule has 0 radical (unpaired) electrons. The van der Waals surface area contributed by atoms with Crippen LogP contribution in [0.25, 0.3) is 21.8 Å². The summed E-state index contributed by atoms with van der Waals surface area (Å²) >= 11 is 0. The number of aromatic nitrogens is 4. The number of alkyl halides is 5. The molecule has 4 heterocycles. The van der Waals surface area contributed by atoms with Gasteiger partial charge < -0.3 is 5.73 Å². The van der Waals surface area contributed by atoms with Gasteiger partial charge in [0.05, 0.1) is 40.4 Å². The lowest BCUT2D eigenvalue weighted by atomic mass is 10.1. The van der Waals surface area contributed by atoms with Crippen LogP contribution in [-0.2, 0) is 19.8 Å². The molecule has 0 unspecified atom stereocenters. The van der Waals surface area contributed by atoms with E-state index in [0.29, 0.717) is 33.8 Å². The lowest BCUT2D eigenvalue weighted by molar-refractivity contribution is -0.137. The summed E-state index contributed by atoms with van der Waals surface area (Å²) in [7, 11) is 1.73. The van der Waals surface area contributed by atoms with Crippen LogP contribution in [0.2, 0.25) is 0 Å². The van der Waals surface area contributed by atoms with E-state index in [1.54, 1.807) is 36.1 Å². The van der Waals surface area contributed by atoms with Gasteiger partial charge in [-0.05, 0) is 30.3 Å². The number of nitrogen functional groups attached to an aromatic ring is 1. The molecule has 1 aliphatic heterocycles. The minimum atomic E-state index is -4.56. The first-order valence-electron chi connectivity index (χ1n) is 11.4. The Morgan fingerprint density at radius 2 is 1.84 bits per heavy atom. The molecule has 3 aromatic heterocycles. The molecule has 0 saturated carbocycles. The average molecular weight is 519 g/mol. The molecule has 0 atom stereocenters. The van der Waals surface area contributed by atoms with Crippen molar-refractivity contribution in [1.29, 1.82) is 0 Å². The number of piperidine rings is 1. The summed E-state index contributed by atoms with van der Waals surface area (Å²) in [4.78, 5) is 22.0. The number of carbonyl (C=O) groups excluding carboxylic acids is 1. The molecule has 5 rings (SSSR count). The predicted molar refractivity (Wildman–Crippen MR) is 125 cm³/mol. The van der Waals surface area contributed by atoms with Gasteiger partial charge in [0.1, 0.15) is 5.82 Å². The first-order chi connectivity index (χ1) is 17.4. The number of benzene rings is 1. The number of hydrogen-bond acceptors (Lipinski definition) is 6. The molecule has 0 bridgehead atoms. The standard InChI is InChI=1S/C24H22F5N7O/c1-34-20-17-10-14(2-5-19(17)33-21(30)18(20)12-32-34)22(37)36(35-8-6-23(25,26)7-9-35)13-16-4-3-15(11-31-16)24(27,28)29/h2-5,10-12H,6-9,13H2,1H3,(H2,30,33). The topological polar surface area (TPSA) is 93.2 Å². The van der Waals surface area contributed by atoms with Gasteiger partial charge in [-0.2, -0.15) is 18.3 Å². The third kappa shape index (κ3) is 4.78. The van der Waals surface area contributed by atoms with Gasteiger partial charge in [-0.25, -0.2) is 18.8 Å². The molecule has 37 heavy (non-hydrogen) atoms. The van der Waals surface area contributed by atoms with Gasteiger partial charge >= 0.3 is 6.18 Å². The maximum Gasteiger partial charge on any atom is 0.417 e. The first-order valence-corrected chi connectivity index (χ1v) is 11.4. The second-order valence-electron chi connectivity index (χ2n) is 8.97. The fraction of sp³-hybridized carbons (Fsp3) is 0.333. The van der Waals surface area contributed by atoms with Gasteiger partial charge in [-0.15, -0.1) is 0 Å². The van der Waals surface area contributed by atoms with Gasteiger partial charge in [0.15, 0.2) is 0 Å². The van der Waals surface area contributed by atoms with Crippen LogP contribution in [0.15, 0.2) is 42.7 Å². The van der Waals surface area contributed by atoms with Crippen molar-refractivity contribution in [2.75, 3.05) is 18.8 Å². The van der Waals surface area contributed by atoms with Crippen molar-refractivity contribution in [2.45, 2.75) is 31.5 Å². The molecule has 1 fully saturated rings. The number of nitrogens with two attached hydrogens (primary N) is 1. The van der Waals surface area contributed by atoms with Crippen molar-refractivity contribution < 1.29 is 26.7 Å². The SMILES string of the molecule is Cn1ncc2c(N)nc3ccc(C(=O)N(Cc4ccc(C(F)(F)F)cn4)N4CCC(F)(F)CC4)cc3c21. The van der Waals surface area contributed by atoms with Crippen LogP contribution in [0.1, 0.15) is 34.5 Å². The minimum Gasteiger partial charge on any atom is -0.383 e. The van der Waals surface area contributed by atoms with Crippen molar-refractivity contribution in [1.82, 2.24) is 29.8 Å². The van der Waals surface area contributed by atoms with Gasteiger partial charge in [0.25, 0.3) is 11.8 Å². The smallest absolute Gasteiger partial charge is 0.383 e. The lowest BCUT2D eigenvalue weighted by Crippen LogP contribution is -2.51. The Balaban J connectivity index is 1.52. The molecule has 8 nitrogen and oxygen atoms in total. The Hall–Kier alpha value is -3.87. The van der Waals surface area contributed by atoms with Crippen LogP contribution in [0.3, 0.4) is 0 Å². The summed E-state index contributed by atoms with van der Waals surface area (Å²) in [6, 6.07) is 6.85. The maximum atomic E-state index is 13.8. The highest BCUT2D eigenvalue weighted by Crippen LogP contribution is 2.32. The number of hydrogen-bond donors (Lipinski definition) is 1. The number of rotatable bonds is 4. The Morgan fingerprint density at radius 1 is 1.11 bits per heavy atom.